The number of likely N-dealkylation sites (N-methyl/N-ethyl adjacent to an activating group) is 1. The van der Waals surface area contributed by atoms with Crippen LogP contribution in [-0.2, 0) is 10.0 Å². The summed E-state index contributed by atoms with van der Waals surface area (Å²) in [5.41, 5.74) is 0. The molecule has 0 bridgehead atoms. The van der Waals surface area contributed by atoms with E-state index in [9.17, 15) is 13.5 Å². The summed E-state index contributed by atoms with van der Waals surface area (Å²) < 4.78 is 27.1. The van der Waals surface area contributed by atoms with Gasteiger partial charge in [0, 0.05) is 11.5 Å². The highest BCUT2D eigenvalue weighted by molar-refractivity contribution is 9.10. The monoisotopic (exact) mass is 347 g/mol. The number of hydrogen-bond donors (Lipinski definition) is 1. The summed E-state index contributed by atoms with van der Waals surface area (Å²) in [6.07, 6.45) is 2.73. The molecular formula is C13H18BrNO3S. The molecule has 1 aromatic carbocycles. The maximum Gasteiger partial charge on any atom is 0.243 e. The van der Waals surface area contributed by atoms with Crippen LogP contribution in [0.4, 0.5) is 0 Å². The summed E-state index contributed by atoms with van der Waals surface area (Å²) in [4.78, 5) is 0.252. The molecule has 0 aromatic heterocycles. The molecule has 106 valence electrons. The summed E-state index contributed by atoms with van der Waals surface area (Å²) in [6, 6.07) is 6.32. The number of rotatable bonds is 3. The number of hydrogen-bond acceptors (Lipinski definition) is 3. The van der Waals surface area contributed by atoms with Crippen LogP contribution in [0, 0.1) is 0 Å². The van der Waals surface area contributed by atoms with E-state index in [0.29, 0.717) is 12.8 Å². The van der Waals surface area contributed by atoms with Crippen molar-refractivity contribution < 1.29 is 13.5 Å². The zero-order valence-corrected chi connectivity index (χ0v) is 13.2. The Bertz CT molecular complexity index is 547. The van der Waals surface area contributed by atoms with Crippen LogP contribution in [0.25, 0.3) is 0 Å². The Hall–Kier alpha value is -0.430. The maximum atomic E-state index is 12.5. The molecule has 0 amide bonds. The number of aliphatic hydroxyl groups excluding tert-OH is 1. The van der Waals surface area contributed by atoms with Crippen LogP contribution in [0.15, 0.2) is 33.6 Å². The average Bonchev–Trinajstić information content (AvgIpc) is 2.38. The van der Waals surface area contributed by atoms with Crippen LogP contribution >= 0.6 is 15.9 Å². The molecule has 2 atom stereocenters. The van der Waals surface area contributed by atoms with Crippen molar-refractivity contribution >= 4 is 26.0 Å². The summed E-state index contributed by atoms with van der Waals surface area (Å²) in [6.45, 7) is 0. The number of aliphatic hydroxyl groups is 1. The first-order valence-corrected chi connectivity index (χ1v) is 8.58. The van der Waals surface area contributed by atoms with Gasteiger partial charge in [-0.15, -0.1) is 0 Å². The van der Waals surface area contributed by atoms with E-state index in [4.69, 9.17) is 0 Å². The molecule has 6 heteroatoms. The lowest BCUT2D eigenvalue weighted by molar-refractivity contribution is 0.0638. The standard InChI is InChI=1S/C13H18BrNO3S/c1-15(12-7-2-3-8-13(12)16)19(17,18)11-6-4-5-10(14)9-11/h4-6,9,12-13,16H,2-3,7-8H2,1H3. The molecule has 1 aliphatic carbocycles. The fraction of sp³-hybridized carbons (Fsp3) is 0.538. The Morgan fingerprint density at radius 1 is 1.32 bits per heavy atom. The second kappa shape index (κ2) is 5.91. The normalized spacial score (nSPS) is 24.6. The third kappa shape index (κ3) is 3.18. The van der Waals surface area contributed by atoms with E-state index in [2.05, 4.69) is 15.9 Å². The van der Waals surface area contributed by atoms with Crippen LogP contribution < -0.4 is 0 Å². The smallest absolute Gasteiger partial charge is 0.243 e. The van der Waals surface area contributed by atoms with Crippen molar-refractivity contribution in [1.82, 2.24) is 4.31 Å². The highest BCUT2D eigenvalue weighted by Crippen LogP contribution is 2.27. The van der Waals surface area contributed by atoms with Crippen molar-refractivity contribution in [1.29, 1.82) is 0 Å². The molecular weight excluding hydrogens is 330 g/mol. The maximum absolute atomic E-state index is 12.5. The molecule has 1 N–H and O–H groups in total. The van der Waals surface area contributed by atoms with Gasteiger partial charge in [-0.05, 0) is 31.0 Å². The quantitative estimate of drug-likeness (QED) is 0.913. The van der Waals surface area contributed by atoms with Crippen LogP contribution in [0.1, 0.15) is 25.7 Å². The fourth-order valence-corrected chi connectivity index (χ4v) is 4.50. The molecule has 1 aliphatic rings. The summed E-state index contributed by atoms with van der Waals surface area (Å²) in [7, 11) is -2.00. The molecule has 4 nitrogen and oxygen atoms in total. The van der Waals surface area contributed by atoms with E-state index in [1.54, 1.807) is 31.3 Å². The number of halogens is 1. The first kappa shape index (κ1) is 15.0. The van der Waals surface area contributed by atoms with Crippen molar-refractivity contribution in [3.8, 4) is 0 Å². The van der Waals surface area contributed by atoms with Gasteiger partial charge in [-0.2, -0.15) is 4.31 Å². The van der Waals surface area contributed by atoms with Crippen molar-refractivity contribution in [2.75, 3.05) is 7.05 Å². The van der Waals surface area contributed by atoms with Crippen molar-refractivity contribution in [3.63, 3.8) is 0 Å². The van der Waals surface area contributed by atoms with Gasteiger partial charge in [0.15, 0.2) is 0 Å². The molecule has 0 spiro atoms. The topological polar surface area (TPSA) is 57.6 Å². The Morgan fingerprint density at radius 2 is 2.00 bits per heavy atom. The SMILES string of the molecule is CN(C1CCCCC1O)S(=O)(=O)c1cccc(Br)c1. The van der Waals surface area contributed by atoms with Crippen LogP contribution in [0.2, 0.25) is 0 Å². The molecule has 0 aliphatic heterocycles. The zero-order valence-electron chi connectivity index (χ0n) is 10.8. The second-order valence-corrected chi connectivity index (χ2v) is 7.81. The highest BCUT2D eigenvalue weighted by Gasteiger charge is 2.34. The average molecular weight is 348 g/mol. The lowest BCUT2D eigenvalue weighted by Gasteiger charge is -2.34. The molecule has 0 saturated heterocycles. The predicted octanol–water partition coefficient (Wildman–Crippen LogP) is 2.37. The van der Waals surface area contributed by atoms with Gasteiger partial charge in [-0.1, -0.05) is 34.8 Å². The molecule has 2 rings (SSSR count). The minimum atomic E-state index is -3.55. The summed E-state index contributed by atoms with van der Waals surface area (Å²) in [5.74, 6) is 0. The van der Waals surface area contributed by atoms with E-state index >= 15 is 0 Å². The highest BCUT2D eigenvalue weighted by atomic mass is 79.9. The Labute approximate surface area is 122 Å². The molecule has 2 unspecified atom stereocenters. The van der Waals surface area contributed by atoms with Gasteiger partial charge < -0.3 is 5.11 Å². The van der Waals surface area contributed by atoms with E-state index in [-0.39, 0.29) is 10.9 Å². The lowest BCUT2D eigenvalue weighted by atomic mass is 9.93. The van der Waals surface area contributed by atoms with Gasteiger partial charge in [0.05, 0.1) is 17.0 Å². The van der Waals surface area contributed by atoms with Crippen LogP contribution in [0.5, 0.6) is 0 Å². The van der Waals surface area contributed by atoms with E-state index < -0.39 is 16.1 Å². The van der Waals surface area contributed by atoms with Crippen LogP contribution in [0.3, 0.4) is 0 Å². The zero-order chi connectivity index (χ0) is 14.0. The van der Waals surface area contributed by atoms with Gasteiger partial charge in [0.2, 0.25) is 10.0 Å². The summed E-state index contributed by atoms with van der Waals surface area (Å²) >= 11 is 3.28. The minimum Gasteiger partial charge on any atom is -0.391 e. The Balaban J connectivity index is 2.28. The molecule has 1 fully saturated rings. The first-order chi connectivity index (χ1) is 8.93. The largest absolute Gasteiger partial charge is 0.391 e. The number of sulfonamides is 1. The van der Waals surface area contributed by atoms with Crippen molar-refractivity contribution in [3.05, 3.63) is 28.7 Å². The molecule has 0 heterocycles. The van der Waals surface area contributed by atoms with E-state index in [0.717, 1.165) is 17.3 Å². The number of benzene rings is 1. The minimum absolute atomic E-state index is 0.252. The number of nitrogens with zero attached hydrogens (tertiary/aromatic N) is 1. The third-order valence-corrected chi connectivity index (χ3v) is 6.01. The molecule has 19 heavy (non-hydrogen) atoms. The van der Waals surface area contributed by atoms with Crippen molar-refractivity contribution in [2.45, 2.75) is 42.7 Å². The first-order valence-electron chi connectivity index (χ1n) is 6.34. The van der Waals surface area contributed by atoms with Gasteiger partial charge in [0.1, 0.15) is 0 Å². The Morgan fingerprint density at radius 3 is 2.63 bits per heavy atom. The molecule has 0 radical (unpaired) electrons. The Kier molecular flexibility index (Phi) is 4.66. The van der Waals surface area contributed by atoms with Gasteiger partial charge in [0.25, 0.3) is 0 Å². The lowest BCUT2D eigenvalue weighted by Crippen LogP contribution is -2.46. The fourth-order valence-electron chi connectivity index (χ4n) is 2.49. The van der Waals surface area contributed by atoms with Gasteiger partial charge in [-0.25, -0.2) is 8.42 Å². The summed E-state index contributed by atoms with van der Waals surface area (Å²) in [5, 5.41) is 9.99. The molecule has 1 saturated carbocycles. The van der Waals surface area contributed by atoms with Gasteiger partial charge >= 0.3 is 0 Å². The van der Waals surface area contributed by atoms with Crippen molar-refractivity contribution in [2.24, 2.45) is 0 Å². The third-order valence-electron chi connectivity index (χ3n) is 3.63. The predicted molar refractivity (Wildman–Crippen MR) is 77.4 cm³/mol. The second-order valence-electron chi connectivity index (χ2n) is 4.90. The van der Waals surface area contributed by atoms with Crippen LogP contribution in [-0.4, -0.2) is 37.0 Å². The van der Waals surface area contributed by atoms with Gasteiger partial charge in [-0.3, -0.25) is 0 Å². The van der Waals surface area contributed by atoms with E-state index in [1.165, 1.54) is 4.31 Å². The molecule has 1 aromatic rings. The van der Waals surface area contributed by atoms with E-state index in [1.807, 2.05) is 0 Å².